The molecule has 12 nitrogen and oxygen atoms in total. The number of pyridine rings is 1. The Labute approximate surface area is 187 Å². The number of nitrogens with one attached hydrogen (secondary N) is 1. The summed E-state index contributed by atoms with van der Waals surface area (Å²) in [5.74, 6) is -0.0719. The molecule has 0 bridgehead atoms. The van der Waals surface area contributed by atoms with E-state index in [9.17, 15) is 9.90 Å². The average Bonchev–Trinajstić information content (AvgIpc) is 3.49. The van der Waals surface area contributed by atoms with Gasteiger partial charge in [-0.3, -0.25) is 28.9 Å². The third kappa shape index (κ3) is 3.56. The van der Waals surface area contributed by atoms with Crippen LogP contribution in [0.1, 0.15) is 27.6 Å². The number of aromatic amines is 1. The molecule has 5 rings (SSSR count). The van der Waals surface area contributed by atoms with Crippen LogP contribution in [0.15, 0.2) is 36.9 Å². The minimum Gasteiger partial charge on any atom is -0.504 e. The summed E-state index contributed by atoms with van der Waals surface area (Å²) in [6, 6.07) is 3.85. The van der Waals surface area contributed by atoms with E-state index in [1.54, 1.807) is 47.7 Å². The number of amides is 1. The van der Waals surface area contributed by atoms with Gasteiger partial charge in [0.05, 0.1) is 17.4 Å². The summed E-state index contributed by atoms with van der Waals surface area (Å²) >= 11 is 0. The van der Waals surface area contributed by atoms with E-state index in [4.69, 9.17) is 5.73 Å². The Bertz CT molecular complexity index is 1480. The molecule has 0 aliphatic carbocycles. The van der Waals surface area contributed by atoms with Crippen LogP contribution in [0.2, 0.25) is 0 Å². The van der Waals surface area contributed by atoms with Crippen LogP contribution in [-0.2, 0) is 13.0 Å². The van der Waals surface area contributed by atoms with Crippen molar-refractivity contribution in [2.45, 2.75) is 26.8 Å². The fourth-order valence-electron chi connectivity index (χ4n) is 3.64. The van der Waals surface area contributed by atoms with Gasteiger partial charge >= 0.3 is 0 Å². The number of carbonyl (C=O) groups is 1. The molecule has 0 spiro atoms. The van der Waals surface area contributed by atoms with Crippen molar-refractivity contribution in [2.24, 2.45) is 5.73 Å². The molecule has 5 heterocycles. The molecule has 12 heteroatoms. The van der Waals surface area contributed by atoms with Crippen LogP contribution in [0.5, 0.6) is 5.75 Å². The van der Waals surface area contributed by atoms with Gasteiger partial charge in [-0.25, -0.2) is 9.97 Å². The van der Waals surface area contributed by atoms with E-state index in [-0.39, 0.29) is 17.4 Å². The fourth-order valence-corrected chi connectivity index (χ4v) is 3.64. The van der Waals surface area contributed by atoms with Crippen molar-refractivity contribution in [1.82, 2.24) is 44.3 Å². The number of aryl methyl sites for hydroxylation is 4. The number of H-pyrrole nitrogens is 1. The van der Waals surface area contributed by atoms with Gasteiger partial charge in [0, 0.05) is 25.1 Å². The zero-order valence-electron chi connectivity index (χ0n) is 17.9. The number of nitrogens with two attached hydrogens (primary N) is 1. The van der Waals surface area contributed by atoms with Crippen molar-refractivity contribution in [1.29, 1.82) is 0 Å². The molecule has 4 N–H and O–H groups in total. The van der Waals surface area contributed by atoms with E-state index in [2.05, 4.69) is 35.2 Å². The molecule has 5 aromatic heterocycles. The fraction of sp³-hybridized carbons (Fsp3) is 0.190. The zero-order valence-corrected chi connectivity index (χ0v) is 17.9. The standard InChI is InChI=1S/C21H20N10O2/c1-11-10-30-14(9-24-11)15(25-21(30)18(22)33)19-26-20(28-27-19)16-17(32)12(2)29-31(16)7-5-13-4-3-6-23-8-13/h3-4,6,8-10,32H,5,7H2,1-2H3,(H2,22,33)(H,26,27,28). The summed E-state index contributed by atoms with van der Waals surface area (Å²) in [4.78, 5) is 29.2. The van der Waals surface area contributed by atoms with Gasteiger partial charge in [0.1, 0.15) is 17.1 Å². The lowest BCUT2D eigenvalue weighted by Gasteiger charge is -2.05. The number of fused-ring (bicyclic) bond motifs is 1. The Balaban J connectivity index is 1.54. The second-order valence-corrected chi connectivity index (χ2v) is 7.56. The zero-order chi connectivity index (χ0) is 23.1. The molecule has 0 aromatic carbocycles. The van der Waals surface area contributed by atoms with Crippen LogP contribution >= 0.6 is 0 Å². The van der Waals surface area contributed by atoms with Gasteiger partial charge in [-0.15, -0.1) is 0 Å². The Kier molecular flexibility index (Phi) is 4.81. The number of aromatic nitrogens is 9. The summed E-state index contributed by atoms with van der Waals surface area (Å²) < 4.78 is 3.23. The Hall–Kier alpha value is -4.61. The summed E-state index contributed by atoms with van der Waals surface area (Å²) in [5, 5.41) is 22.2. The molecular formula is C21H20N10O2. The predicted octanol–water partition coefficient (Wildman–Crippen LogP) is 1.44. The van der Waals surface area contributed by atoms with Gasteiger partial charge < -0.3 is 10.8 Å². The topological polar surface area (TPSA) is 166 Å². The third-order valence-corrected chi connectivity index (χ3v) is 5.23. The van der Waals surface area contributed by atoms with Crippen LogP contribution in [0.3, 0.4) is 0 Å². The van der Waals surface area contributed by atoms with Gasteiger partial charge in [0.25, 0.3) is 5.91 Å². The molecule has 0 aliphatic rings. The average molecular weight is 444 g/mol. The van der Waals surface area contributed by atoms with E-state index in [1.807, 2.05) is 12.1 Å². The quantitative estimate of drug-likeness (QED) is 0.354. The molecule has 33 heavy (non-hydrogen) atoms. The highest BCUT2D eigenvalue weighted by Gasteiger charge is 2.23. The molecule has 0 saturated heterocycles. The highest BCUT2D eigenvalue weighted by atomic mass is 16.3. The second kappa shape index (κ2) is 7.82. The normalized spacial score (nSPS) is 11.3. The van der Waals surface area contributed by atoms with Crippen molar-refractivity contribution in [2.75, 3.05) is 0 Å². The maximum absolute atomic E-state index is 11.9. The first-order chi connectivity index (χ1) is 15.9. The predicted molar refractivity (Wildman–Crippen MR) is 117 cm³/mol. The molecule has 0 aliphatic heterocycles. The minimum atomic E-state index is -0.677. The first-order valence-corrected chi connectivity index (χ1v) is 10.2. The van der Waals surface area contributed by atoms with E-state index in [0.29, 0.717) is 47.1 Å². The smallest absolute Gasteiger partial charge is 0.285 e. The highest BCUT2D eigenvalue weighted by Crippen LogP contribution is 2.31. The lowest BCUT2D eigenvalue weighted by molar-refractivity contribution is 0.0990. The summed E-state index contributed by atoms with van der Waals surface area (Å²) in [6.07, 6.45) is 7.43. The van der Waals surface area contributed by atoms with Crippen LogP contribution in [-0.4, -0.2) is 55.3 Å². The van der Waals surface area contributed by atoms with Gasteiger partial charge in [-0.2, -0.15) is 10.2 Å². The monoisotopic (exact) mass is 444 g/mol. The molecule has 0 radical (unpaired) electrons. The maximum Gasteiger partial charge on any atom is 0.285 e. The van der Waals surface area contributed by atoms with Crippen molar-refractivity contribution in [3.63, 3.8) is 0 Å². The van der Waals surface area contributed by atoms with Crippen LogP contribution in [0, 0.1) is 13.8 Å². The number of imidazole rings is 1. The number of hydrogen-bond donors (Lipinski definition) is 3. The number of carbonyl (C=O) groups excluding carboxylic acids is 1. The first-order valence-electron chi connectivity index (χ1n) is 10.2. The number of primary amides is 1. The maximum atomic E-state index is 11.9. The van der Waals surface area contributed by atoms with Crippen LogP contribution in [0.4, 0.5) is 0 Å². The SMILES string of the molecule is Cc1cn2c(C(N)=O)nc(-c3nc(-c4c(O)c(C)nn4CCc4cccnc4)n[nH]3)c2cn1. The summed E-state index contributed by atoms with van der Waals surface area (Å²) in [6.45, 7) is 4.01. The molecule has 0 saturated carbocycles. The van der Waals surface area contributed by atoms with E-state index in [1.165, 1.54) is 0 Å². The Morgan fingerprint density at radius 1 is 1.24 bits per heavy atom. The lowest BCUT2D eigenvalue weighted by Crippen LogP contribution is -2.15. The third-order valence-electron chi connectivity index (χ3n) is 5.23. The summed E-state index contributed by atoms with van der Waals surface area (Å²) in [7, 11) is 0. The largest absolute Gasteiger partial charge is 0.504 e. The summed E-state index contributed by atoms with van der Waals surface area (Å²) in [5.41, 5.74) is 9.00. The van der Waals surface area contributed by atoms with Crippen LogP contribution < -0.4 is 5.73 Å². The molecule has 0 unspecified atom stereocenters. The minimum absolute atomic E-state index is 0.00319. The molecule has 0 fully saturated rings. The molecule has 166 valence electrons. The number of hydrogen-bond acceptors (Lipinski definition) is 8. The molecular weight excluding hydrogens is 424 g/mol. The first kappa shape index (κ1) is 20.3. The molecule has 0 atom stereocenters. The van der Waals surface area contributed by atoms with Crippen molar-refractivity contribution < 1.29 is 9.90 Å². The highest BCUT2D eigenvalue weighted by molar-refractivity contribution is 5.92. The van der Waals surface area contributed by atoms with Gasteiger partial charge in [0.2, 0.25) is 11.6 Å². The number of rotatable bonds is 6. The Morgan fingerprint density at radius 2 is 2.09 bits per heavy atom. The van der Waals surface area contributed by atoms with Crippen LogP contribution in [0.25, 0.3) is 28.6 Å². The Morgan fingerprint density at radius 3 is 2.85 bits per heavy atom. The molecule has 1 amide bonds. The van der Waals surface area contributed by atoms with E-state index < -0.39 is 5.91 Å². The number of nitrogens with zero attached hydrogens (tertiary/aromatic N) is 8. The van der Waals surface area contributed by atoms with E-state index >= 15 is 0 Å². The van der Waals surface area contributed by atoms with Gasteiger partial charge in [0.15, 0.2) is 11.6 Å². The molecule has 5 aromatic rings. The van der Waals surface area contributed by atoms with Crippen molar-refractivity contribution >= 4 is 11.4 Å². The van der Waals surface area contributed by atoms with Gasteiger partial charge in [-0.05, 0) is 31.9 Å². The van der Waals surface area contributed by atoms with E-state index in [0.717, 1.165) is 5.56 Å². The number of aromatic hydroxyl groups is 1. The van der Waals surface area contributed by atoms with Gasteiger partial charge in [-0.1, -0.05) is 6.07 Å². The van der Waals surface area contributed by atoms with Crippen molar-refractivity contribution in [3.8, 4) is 28.8 Å². The lowest BCUT2D eigenvalue weighted by atomic mass is 10.2. The van der Waals surface area contributed by atoms with Crippen molar-refractivity contribution in [3.05, 3.63) is 59.7 Å². The second-order valence-electron chi connectivity index (χ2n) is 7.56.